The summed E-state index contributed by atoms with van der Waals surface area (Å²) in [5, 5.41) is 5.61. The number of thiophene rings is 1. The van der Waals surface area contributed by atoms with Crippen molar-refractivity contribution in [3.8, 4) is 0 Å². The van der Waals surface area contributed by atoms with Crippen molar-refractivity contribution in [1.82, 2.24) is 5.32 Å². The molecular weight excluding hydrogens is 242 g/mol. The van der Waals surface area contributed by atoms with Crippen LogP contribution in [0.2, 0.25) is 0 Å². The molecular formula is C15H27NOS. The fourth-order valence-corrected chi connectivity index (χ4v) is 2.35. The summed E-state index contributed by atoms with van der Waals surface area (Å²) in [6.07, 6.45) is 5.02. The third-order valence-electron chi connectivity index (χ3n) is 2.70. The molecule has 0 atom stereocenters. The fourth-order valence-electron chi connectivity index (χ4n) is 1.71. The molecule has 0 amide bonds. The van der Waals surface area contributed by atoms with Gasteiger partial charge < -0.3 is 10.1 Å². The van der Waals surface area contributed by atoms with Crippen molar-refractivity contribution in [3.05, 3.63) is 22.4 Å². The molecule has 1 aromatic rings. The van der Waals surface area contributed by atoms with Crippen molar-refractivity contribution in [2.24, 2.45) is 0 Å². The van der Waals surface area contributed by atoms with Gasteiger partial charge in [0.1, 0.15) is 0 Å². The van der Waals surface area contributed by atoms with Crippen LogP contribution in [0.3, 0.4) is 0 Å². The highest BCUT2D eigenvalue weighted by molar-refractivity contribution is 7.09. The highest BCUT2D eigenvalue weighted by atomic mass is 32.1. The molecule has 0 aliphatic heterocycles. The Bertz CT molecular complexity index is 290. The molecule has 0 spiro atoms. The summed E-state index contributed by atoms with van der Waals surface area (Å²) < 4.78 is 5.63. The van der Waals surface area contributed by atoms with Crippen LogP contribution in [0.25, 0.3) is 0 Å². The van der Waals surface area contributed by atoms with Crippen LogP contribution in [-0.2, 0) is 11.3 Å². The third-order valence-corrected chi connectivity index (χ3v) is 3.55. The van der Waals surface area contributed by atoms with Gasteiger partial charge in [-0.25, -0.2) is 0 Å². The second-order valence-corrected chi connectivity index (χ2v) is 6.76. The van der Waals surface area contributed by atoms with Gasteiger partial charge in [-0.1, -0.05) is 18.9 Å². The minimum atomic E-state index is 0.254. The molecule has 0 saturated heterocycles. The van der Waals surface area contributed by atoms with Crippen LogP contribution in [0.15, 0.2) is 17.5 Å². The second kappa shape index (κ2) is 8.68. The third kappa shape index (κ3) is 8.67. The number of unbranched alkanes of at least 4 members (excludes halogenated alkanes) is 3. The van der Waals surface area contributed by atoms with Crippen molar-refractivity contribution >= 4 is 11.3 Å². The van der Waals surface area contributed by atoms with Gasteiger partial charge in [0, 0.05) is 17.0 Å². The minimum absolute atomic E-state index is 0.254. The van der Waals surface area contributed by atoms with Gasteiger partial charge in [0.2, 0.25) is 0 Å². The highest BCUT2D eigenvalue weighted by Crippen LogP contribution is 2.10. The number of nitrogens with one attached hydrogen (secondary N) is 1. The lowest BCUT2D eigenvalue weighted by atomic mass is 10.1. The van der Waals surface area contributed by atoms with Crippen molar-refractivity contribution in [2.75, 3.05) is 13.2 Å². The fraction of sp³-hybridized carbons (Fsp3) is 0.733. The van der Waals surface area contributed by atoms with Crippen molar-refractivity contribution in [1.29, 1.82) is 0 Å². The Morgan fingerprint density at radius 1 is 1.17 bits per heavy atom. The zero-order valence-electron chi connectivity index (χ0n) is 12.0. The van der Waals surface area contributed by atoms with Crippen LogP contribution in [0.5, 0.6) is 0 Å². The molecule has 0 aliphatic rings. The quantitative estimate of drug-likeness (QED) is 0.678. The lowest BCUT2D eigenvalue weighted by Gasteiger charge is -2.20. The SMILES string of the molecule is CC(C)(C)NCCCCCCOCc1cccs1. The highest BCUT2D eigenvalue weighted by Gasteiger charge is 2.06. The van der Waals surface area contributed by atoms with Gasteiger partial charge >= 0.3 is 0 Å². The zero-order chi connectivity index (χ0) is 13.3. The lowest BCUT2D eigenvalue weighted by Crippen LogP contribution is -2.36. The first-order valence-corrected chi connectivity index (χ1v) is 7.81. The van der Waals surface area contributed by atoms with Crippen LogP contribution < -0.4 is 5.32 Å². The lowest BCUT2D eigenvalue weighted by molar-refractivity contribution is 0.118. The van der Waals surface area contributed by atoms with E-state index in [1.54, 1.807) is 11.3 Å². The first kappa shape index (κ1) is 15.7. The van der Waals surface area contributed by atoms with Crippen LogP contribution in [0.4, 0.5) is 0 Å². The van der Waals surface area contributed by atoms with E-state index in [9.17, 15) is 0 Å². The number of hydrogen-bond donors (Lipinski definition) is 1. The van der Waals surface area contributed by atoms with Gasteiger partial charge in [0.25, 0.3) is 0 Å². The summed E-state index contributed by atoms with van der Waals surface area (Å²) in [5.74, 6) is 0. The molecule has 0 aliphatic carbocycles. The predicted octanol–water partition coefficient (Wildman–Crippen LogP) is 4.21. The Hall–Kier alpha value is -0.380. The topological polar surface area (TPSA) is 21.3 Å². The van der Waals surface area contributed by atoms with Crippen LogP contribution in [0, 0.1) is 0 Å². The number of ether oxygens (including phenoxy) is 1. The number of rotatable bonds is 9. The van der Waals surface area contributed by atoms with E-state index in [0.717, 1.165) is 19.8 Å². The van der Waals surface area contributed by atoms with E-state index in [0.29, 0.717) is 0 Å². The molecule has 0 bridgehead atoms. The van der Waals surface area contributed by atoms with E-state index < -0.39 is 0 Å². The monoisotopic (exact) mass is 269 g/mol. The average Bonchev–Trinajstić information content (AvgIpc) is 2.78. The molecule has 0 saturated carbocycles. The Balaban J connectivity index is 1.82. The predicted molar refractivity (Wildman–Crippen MR) is 80.2 cm³/mol. The molecule has 0 unspecified atom stereocenters. The zero-order valence-corrected chi connectivity index (χ0v) is 12.8. The molecule has 18 heavy (non-hydrogen) atoms. The largest absolute Gasteiger partial charge is 0.376 e. The van der Waals surface area contributed by atoms with E-state index in [-0.39, 0.29) is 5.54 Å². The van der Waals surface area contributed by atoms with Crippen molar-refractivity contribution in [2.45, 2.75) is 58.6 Å². The molecule has 1 aromatic heterocycles. The van der Waals surface area contributed by atoms with E-state index in [1.807, 2.05) is 0 Å². The first-order valence-electron chi connectivity index (χ1n) is 6.93. The van der Waals surface area contributed by atoms with Crippen molar-refractivity contribution < 1.29 is 4.74 Å². The van der Waals surface area contributed by atoms with E-state index >= 15 is 0 Å². The van der Waals surface area contributed by atoms with Crippen LogP contribution in [0.1, 0.15) is 51.3 Å². The molecule has 1 N–H and O–H groups in total. The molecule has 104 valence electrons. The van der Waals surface area contributed by atoms with E-state index in [2.05, 4.69) is 43.6 Å². The van der Waals surface area contributed by atoms with Crippen LogP contribution >= 0.6 is 11.3 Å². The van der Waals surface area contributed by atoms with Gasteiger partial charge in [-0.05, 0) is 51.6 Å². The minimum Gasteiger partial charge on any atom is -0.376 e. The maximum absolute atomic E-state index is 5.63. The maximum atomic E-state index is 5.63. The van der Waals surface area contributed by atoms with Gasteiger partial charge in [0.15, 0.2) is 0 Å². The summed E-state index contributed by atoms with van der Waals surface area (Å²) in [6.45, 7) is 9.44. The Labute approximate surface area is 116 Å². The maximum Gasteiger partial charge on any atom is 0.0809 e. The number of hydrogen-bond acceptors (Lipinski definition) is 3. The Kier molecular flexibility index (Phi) is 7.56. The van der Waals surface area contributed by atoms with Gasteiger partial charge in [0.05, 0.1) is 6.61 Å². The summed E-state index contributed by atoms with van der Waals surface area (Å²) in [6, 6.07) is 4.20. The molecule has 3 heteroatoms. The van der Waals surface area contributed by atoms with E-state index in [1.165, 1.54) is 30.6 Å². The smallest absolute Gasteiger partial charge is 0.0809 e. The Morgan fingerprint density at radius 3 is 2.61 bits per heavy atom. The average molecular weight is 269 g/mol. The molecule has 1 heterocycles. The summed E-state index contributed by atoms with van der Waals surface area (Å²) >= 11 is 1.77. The standard InChI is InChI=1S/C15H27NOS/c1-15(2,3)16-10-6-4-5-7-11-17-13-14-9-8-12-18-14/h8-9,12,16H,4-7,10-11,13H2,1-3H3. The summed E-state index contributed by atoms with van der Waals surface area (Å²) in [5.41, 5.74) is 0.254. The van der Waals surface area contributed by atoms with Gasteiger partial charge in [-0.15, -0.1) is 11.3 Å². The Morgan fingerprint density at radius 2 is 1.94 bits per heavy atom. The molecule has 2 nitrogen and oxygen atoms in total. The first-order chi connectivity index (χ1) is 8.58. The molecule has 0 fully saturated rings. The van der Waals surface area contributed by atoms with Gasteiger partial charge in [-0.2, -0.15) is 0 Å². The molecule has 0 aromatic carbocycles. The molecule has 0 radical (unpaired) electrons. The summed E-state index contributed by atoms with van der Waals surface area (Å²) in [4.78, 5) is 1.32. The second-order valence-electron chi connectivity index (χ2n) is 5.72. The van der Waals surface area contributed by atoms with Crippen molar-refractivity contribution in [3.63, 3.8) is 0 Å². The molecule has 1 rings (SSSR count). The van der Waals surface area contributed by atoms with E-state index in [4.69, 9.17) is 4.74 Å². The van der Waals surface area contributed by atoms with Crippen LogP contribution in [-0.4, -0.2) is 18.7 Å². The summed E-state index contributed by atoms with van der Waals surface area (Å²) in [7, 11) is 0. The van der Waals surface area contributed by atoms with Gasteiger partial charge in [-0.3, -0.25) is 0 Å². The normalized spacial score (nSPS) is 11.9.